The zero-order chi connectivity index (χ0) is 31.4. The zero-order valence-corrected chi connectivity index (χ0v) is 25.9. The fourth-order valence-corrected chi connectivity index (χ4v) is 5.61. The SMILES string of the molecule is COCC(=O)C(C)CC(C)/C=C/C=C/C=C(\C)C(CC1CCC(C)C(O)(C(=O)C(=O)N2CCCCC2C(=O)O)O1)OC. The monoisotopic (exact) mass is 591 g/mol. The number of aliphatic hydroxyl groups is 1. The second-order valence-electron chi connectivity index (χ2n) is 11.7. The number of carbonyl (C=O) groups is 4. The summed E-state index contributed by atoms with van der Waals surface area (Å²) in [6.45, 7) is 7.83. The van der Waals surface area contributed by atoms with E-state index in [1.807, 2.05) is 44.2 Å². The van der Waals surface area contributed by atoms with Crippen molar-refractivity contribution in [3.63, 3.8) is 0 Å². The highest BCUT2D eigenvalue weighted by Crippen LogP contribution is 2.36. The molecule has 0 aromatic carbocycles. The first-order chi connectivity index (χ1) is 19.8. The molecular weight excluding hydrogens is 542 g/mol. The van der Waals surface area contributed by atoms with Crippen LogP contribution in [0.4, 0.5) is 0 Å². The van der Waals surface area contributed by atoms with E-state index >= 15 is 0 Å². The van der Waals surface area contributed by atoms with Crippen LogP contribution in [0.5, 0.6) is 0 Å². The van der Waals surface area contributed by atoms with Crippen LogP contribution < -0.4 is 0 Å². The average Bonchev–Trinajstić information content (AvgIpc) is 2.96. The van der Waals surface area contributed by atoms with Gasteiger partial charge >= 0.3 is 5.97 Å². The van der Waals surface area contributed by atoms with E-state index in [4.69, 9.17) is 14.2 Å². The molecule has 2 aliphatic rings. The first-order valence-electron chi connectivity index (χ1n) is 14.9. The predicted octanol–water partition coefficient (Wildman–Crippen LogP) is 3.87. The number of nitrogens with zero attached hydrogens (tertiary/aromatic N) is 1. The Kier molecular flexibility index (Phi) is 14.2. The first kappa shape index (κ1) is 35.5. The molecule has 7 atom stereocenters. The lowest BCUT2D eigenvalue weighted by Gasteiger charge is -2.42. The van der Waals surface area contributed by atoms with Crippen LogP contribution in [0.2, 0.25) is 0 Å². The number of aliphatic carboxylic acids is 1. The van der Waals surface area contributed by atoms with E-state index < -0.39 is 41.5 Å². The molecule has 0 spiro atoms. The molecule has 236 valence electrons. The molecule has 10 nitrogen and oxygen atoms in total. The number of ether oxygens (including phenoxy) is 3. The summed E-state index contributed by atoms with van der Waals surface area (Å²) in [5.74, 6) is -6.00. The molecule has 42 heavy (non-hydrogen) atoms. The molecule has 7 unspecified atom stereocenters. The van der Waals surface area contributed by atoms with Crippen molar-refractivity contribution in [2.24, 2.45) is 17.8 Å². The van der Waals surface area contributed by atoms with Crippen molar-refractivity contribution in [3.05, 3.63) is 36.0 Å². The van der Waals surface area contributed by atoms with Gasteiger partial charge in [-0.1, -0.05) is 51.2 Å². The van der Waals surface area contributed by atoms with Gasteiger partial charge < -0.3 is 29.3 Å². The number of ketones is 2. The van der Waals surface area contributed by atoms with Gasteiger partial charge in [-0.3, -0.25) is 14.4 Å². The van der Waals surface area contributed by atoms with Gasteiger partial charge in [-0.25, -0.2) is 4.79 Å². The summed E-state index contributed by atoms with van der Waals surface area (Å²) in [6.07, 6.45) is 12.5. The number of likely N-dealkylation sites (tertiary alicyclic amines) is 1. The topological polar surface area (TPSA) is 140 Å². The molecule has 10 heteroatoms. The van der Waals surface area contributed by atoms with Crippen molar-refractivity contribution in [1.82, 2.24) is 4.90 Å². The first-order valence-corrected chi connectivity index (χ1v) is 14.9. The summed E-state index contributed by atoms with van der Waals surface area (Å²) in [7, 11) is 3.10. The highest BCUT2D eigenvalue weighted by Gasteiger charge is 2.52. The zero-order valence-electron chi connectivity index (χ0n) is 25.9. The fraction of sp³-hybridized carbons (Fsp3) is 0.688. The van der Waals surface area contributed by atoms with Crippen LogP contribution >= 0.6 is 0 Å². The van der Waals surface area contributed by atoms with Crippen molar-refractivity contribution < 1.29 is 43.6 Å². The minimum atomic E-state index is -2.33. The molecule has 0 radical (unpaired) electrons. The van der Waals surface area contributed by atoms with E-state index in [0.717, 1.165) is 16.9 Å². The average molecular weight is 592 g/mol. The molecular formula is C32H49NO9. The summed E-state index contributed by atoms with van der Waals surface area (Å²) < 4.78 is 16.5. The molecule has 2 heterocycles. The van der Waals surface area contributed by atoms with Gasteiger partial charge in [0.2, 0.25) is 5.79 Å². The Morgan fingerprint density at radius 2 is 1.79 bits per heavy atom. The number of piperidine rings is 1. The lowest BCUT2D eigenvalue weighted by atomic mass is 9.85. The lowest BCUT2D eigenvalue weighted by molar-refractivity contribution is -0.265. The number of carbonyl (C=O) groups excluding carboxylic acids is 3. The van der Waals surface area contributed by atoms with E-state index in [1.54, 1.807) is 14.0 Å². The Labute approximate surface area is 249 Å². The summed E-state index contributed by atoms with van der Waals surface area (Å²) in [5.41, 5.74) is 0.916. The quantitative estimate of drug-likeness (QED) is 0.215. The minimum Gasteiger partial charge on any atom is -0.480 e. The molecule has 2 N–H and O–H groups in total. The summed E-state index contributed by atoms with van der Waals surface area (Å²) in [6, 6.07) is -1.08. The van der Waals surface area contributed by atoms with Gasteiger partial charge in [-0.15, -0.1) is 0 Å². The number of Topliss-reactive ketones (excluding diaryl/α,β-unsaturated/α-hetero) is 2. The molecule has 1 amide bonds. The summed E-state index contributed by atoms with van der Waals surface area (Å²) in [5, 5.41) is 20.8. The van der Waals surface area contributed by atoms with Gasteiger partial charge in [0.15, 0.2) is 5.78 Å². The Bertz CT molecular complexity index is 1040. The number of hydrogen-bond donors (Lipinski definition) is 2. The van der Waals surface area contributed by atoms with Gasteiger partial charge in [0.05, 0.1) is 12.2 Å². The summed E-state index contributed by atoms with van der Waals surface area (Å²) >= 11 is 0. The molecule has 0 bridgehead atoms. The van der Waals surface area contributed by atoms with Crippen LogP contribution in [0.15, 0.2) is 36.0 Å². The largest absolute Gasteiger partial charge is 0.480 e. The molecule has 2 aliphatic heterocycles. The minimum absolute atomic E-state index is 0.0688. The van der Waals surface area contributed by atoms with Gasteiger partial charge in [-0.05, 0) is 56.9 Å². The van der Waals surface area contributed by atoms with E-state index in [0.29, 0.717) is 32.1 Å². The second kappa shape index (κ2) is 16.8. The third-order valence-electron chi connectivity index (χ3n) is 8.36. The van der Waals surface area contributed by atoms with Crippen LogP contribution in [-0.2, 0) is 33.4 Å². The van der Waals surface area contributed by atoms with E-state index in [9.17, 15) is 29.4 Å². The maximum atomic E-state index is 13.3. The smallest absolute Gasteiger partial charge is 0.326 e. The third kappa shape index (κ3) is 9.69. The molecule has 2 fully saturated rings. The van der Waals surface area contributed by atoms with Crippen LogP contribution in [0.3, 0.4) is 0 Å². The Balaban J connectivity index is 2.00. The van der Waals surface area contributed by atoms with Crippen molar-refractivity contribution in [2.45, 2.75) is 96.7 Å². The molecule has 0 aromatic rings. The Morgan fingerprint density at radius 1 is 1.07 bits per heavy atom. The molecule has 0 saturated carbocycles. The van der Waals surface area contributed by atoms with E-state index in [2.05, 4.69) is 6.92 Å². The van der Waals surface area contributed by atoms with Crippen LogP contribution in [0.1, 0.15) is 72.6 Å². The summed E-state index contributed by atoms with van der Waals surface area (Å²) in [4.78, 5) is 51.0. The number of carboxylic acid groups (broad SMARTS) is 1. The van der Waals surface area contributed by atoms with Crippen molar-refractivity contribution >= 4 is 23.4 Å². The Morgan fingerprint density at radius 3 is 2.43 bits per heavy atom. The predicted molar refractivity (Wildman–Crippen MR) is 157 cm³/mol. The van der Waals surface area contributed by atoms with Crippen molar-refractivity contribution in [2.75, 3.05) is 27.4 Å². The van der Waals surface area contributed by atoms with Crippen LogP contribution in [0.25, 0.3) is 0 Å². The fourth-order valence-electron chi connectivity index (χ4n) is 5.61. The van der Waals surface area contributed by atoms with Crippen molar-refractivity contribution in [3.8, 4) is 0 Å². The Hall–Kier alpha value is -2.66. The highest BCUT2D eigenvalue weighted by atomic mass is 16.6. The molecule has 2 saturated heterocycles. The number of amides is 1. The van der Waals surface area contributed by atoms with Gasteiger partial charge in [0.25, 0.3) is 11.7 Å². The highest BCUT2D eigenvalue weighted by molar-refractivity contribution is 6.39. The molecule has 0 aromatic heterocycles. The maximum Gasteiger partial charge on any atom is 0.326 e. The number of carboxylic acids is 1. The second-order valence-corrected chi connectivity index (χ2v) is 11.7. The van der Waals surface area contributed by atoms with E-state index in [1.165, 1.54) is 7.11 Å². The number of allylic oxidation sites excluding steroid dienone is 5. The standard InChI is InChI=1S/C32H49NO9/c1-21(18-23(3)27(34)20-40-5)12-8-7-9-13-22(2)28(41-6)19-25-16-15-24(4)32(39,42-25)29(35)30(36)33-17-11-10-14-26(33)31(37)38/h7-9,12-13,21,23-26,28,39H,10-11,14-20H2,1-6H3,(H,37,38)/b9-7+,12-8+,22-13+. The number of rotatable bonds is 15. The molecule has 2 rings (SSSR count). The van der Waals surface area contributed by atoms with E-state index in [-0.39, 0.29) is 43.3 Å². The van der Waals surface area contributed by atoms with Crippen LogP contribution in [0, 0.1) is 17.8 Å². The number of hydrogen-bond acceptors (Lipinski definition) is 8. The number of methoxy groups -OCH3 is 2. The molecule has 0 aliphatic carbocycles. The van der Waals surface area contributed by atoms with Gasteiger partial charge in [0.1, 0.15) is 12.6 Å². The van der Waals surface area contributed by atoms with Crippen LogP contribution in [-0.4, -0.2) is 90.0 Å². The maximum absolute atomic E-state index is 13.3. The van der Waals surface area contributed by atoms with Gasteiger partial charge in [0, 0.05) is 39.0 Å². The third-order valence-corrected chi connectivity index (χ3v) is 8.36. The van der Waals surface area contributed by atoms with Gasteiger partial charge in [-0.2, -0.15) is 0 Å². The lowest BCUT2D eigenvalue weighted by Crippen LogP contribution is -2.60. The normalized spacial score (nSPS) is 27.6. The van der Waals surface area contributed by atoms with Crippen molar-refractivity contribution in [1.29, 1.82) is 0 Å².